The van der Waals surface area contributed by atoms with Gasteiger partial charge in [0.2, 0.25) is 5.91 Å². The fraction of sp³-hybridized carbons (Fsp3) is 0.300. The number of carbonyl (C=O) groups is 2. The van der Waals surface area contributed by atoms with E-state index < -0.39 is 6.04 Å². The summed E-state index contributed by atoms with van der Waals surface area (Å²) in [7, 11) is 0. The third kappa shape index (κ3) is 5.16. The number of anilines is 1. The molecule has 5 heteroatoms. The van der Waals surface area contributed by atoms with E-state index in [-0.39, 0.29) is 17.7 Å². The van der Waals surface area contributed by atoms with Crippen LogP contribution in [0.1, 0.15) is 36.2 Å². The lowest BCUT2D eigenvalue weighted by Gasteiger charge is -2.23. The Morgan fingerprint density at radius 2 is 1.80 bits per heavy atom. The third-order valence-corrected chi connectivity index (χ3v) is 5.13. The maximum Gasteiger partial charge on any atom is 0.251 e. The number of amides is 2. The molecule has 0 bridgehead atoms. The topological polar surface area (TPSA) is 58.2 Å². The molecule has 0 saturated carbocycles. The highest BCUT2D eigenvalue weighted by Gasteiger charge is 2.26. The molecule has 0 unspecified atom stereocenters. The summed E-state index contributed by atoms with van der Waals surface area (Å²) in [5.41, 5.74) is 2.29. The number of carbonyl (C=O) groups excluding carboxylic acids is 2. The largest absolute Gasteiger partial charge is 0.340 e. The molecule has 25 heavy (non-hydrogen) atoms. The summed E-state index contributed by atoms with van der Waals surface area (Å²) in [4.78, 5) is 25.2. The van der Waals surface area contributed by atoms with Crippen LogP contribution in [-0.2, 0) is 4.79 Å². The Hall–Kier alpha value is -2.14. The summed E-state index contributed by atoms with van der Waals surface area (Å²) < 4.78 is 0.987. The Balaban J connectivity index is 2.14. The van der Waals surface area contributed by atoms with Gasteiger partial charge in [-0.1, -0.05) is 54.4 Å². The van der Waals surface area contributed by atoms with E-state index in [0.717, 1.165) is 16.5 Å². The Labute approximate surface area is 157 Å². The molecule has 0 aromatic heterocycles. The van der Waals surface area contributed by atoms with E-state index in [0.29, 0.717) is 11.3 Å². The second-order valence-electron chi connectivity index (χ2n) is 6.16. The van der Waals surface area contributed by atoms with Gasteiger partial charge in [0, 0.05) is 15.7 Å². The lowest BCUT2D eigenvalue weighted by molar-refractivity contribution is -0.119. The Bertz CT molecular complexity index is 747. The van der Waals surface area contributed by atoms with Crippen LogP contribution in [0.5, 0.6) is 0 Å². The van der Waals surface area contributed by atoms with Crippen molar-refractivity contribution >= 4 is 33.4 Å². The molecule has 0 aliphatic rings. The van der Waals surface area contributed by atoms with Crippen molar-refractivity contribution in [2.24, 2.45) is 5.92 Å². The Morgan fingerprint density at radius 3 is 2.40 bits per heavy atom. The number of benzene rings is 2. The molecular formula is C20H23BrN2O2. The van der Waals surface area contributed by atoms with Gasteiger partial charge in [-0.05, 0) is 48.7 Å². The molecule has 2 N–H and O–H groups in total. The normalized spacial score (nSPS) is 13.0. The van der Waals surface area contributed by atoms with Crippen LogP contribution in [0.2, 0.25) is 0 Å². The highest BCUT2D eigenvalue weighted by atomic mass is 79.9. The van der Waals surface area contributed by atoms with Crippen LogP contribution in [0.3, 0.4) is 0 Å². The number of aryl methyl sites for hydroxylation is 1. The monoisotopic (exact) mass is 402 g/mol. The summed E-state index contributed by atoms with van der Waals surface area (Å²) in [6.45, 7) is 5.93. The molecule has 0 radical (unpaired) electrons. The lowest BCUT2D eigenvalue weighted by atomic mass is 9.97. The van der Waals surface area contributed by atoms with Gasteiger partial charge in [-0.3, -0.25) is 9.59 Å². The first kappa shape index (κ1) is 19.2. The number of halogens is 1. The van der Waals surface area contributed by atoms with Crippen LogP contribution in [0.25, 0.3) is 0 Å². The van der Waals surface area contributed by atoms with Crippen molar-refractivity contribution < 1.29 is 9.59 Å². The van der Waals surface area contributed by atoms with Gasteiger partial charge in [-0.15, -0.1) is 0 Å². The van der Waals surface area contributed by atoms with Crippen molar-refractivity contribution in [3.63, 3.8) is 0 Å². The van der Waals surface area contributed by atoms with Gasteiger partial charge in [-0.25, -0.2) is 0 Å². The summed E-state index contributed by atoms with van der Waals surface area (Å²) >= 11 is 3.45. The number of nitrogens with one attached hydrogen (secondary N) is 2. The Kier molecular flexibility index (Phi) is 6.76. The SMILES string of the molecule is CC[C@H](C)[C@H](NC(=O)c1ccccc1)C(=O)Nc1ccc(Br)c(C)c1. The van der Waals surface area contributed by atoms with Gasteiger partial charge < -0.3 is 10.6 Å². The quantitative estimate of drug-likeness (QED) is 0.744. The van der Waals surface area contributed by atoms with Crippen molar-refractivity contribution in [3.8, 4) is 0 Å². The standard InChI is InChI=1S/C20H23BrN2O2/c1-4-13(2)18(23-19(24)15-8-6-5-7-9-15)20(25)22-16-10-11-17(21)14(3)12-16/h5-13,18H,4H2,1-3H3,(H,22,25)(H,23,24)/t13-,18-/m0/s1. The van der Waals surface area contributed by atoms with E-state index in [2.05, 4.69) is 26.6 Å². The second-order valence-corrected chi connectivity index (χ2v) is 7.01. The minimum absolute atomic E-state index is 0.0178. The van der Waals surface area contributed by atoms with Gasteiger partial charge in [-0.2, -0.15) is 0 Å². The predicted octanol–water partition coefficient (Wildman–Crippen LogP) is 4.54. The maximum atomic E-state index is 12.7. The molecule has 0 fully saturated rings. The lowest BCUT2D eigenvalue weighted by Crippen LogP contribution is -2.47. The van der Waals surface area contributed by atoms with Crippen LogP contribution in [0.4, 0.5) is 5.69 Å². The van der Waals surface area contributed by atoms with Gasteiger partial charge in [0.15, 0.2) is 0 Å². The zero-order chi connectivity index (χ0) is 18.4. The van der Waals surface area contributed by atoms with Crippen LogP contribution >= 0.6 is 15.9 Å². The van der Waals surface area contributed by atoms with Crippen molar-refractivity contribution in [1.82, 2.24) is 5.32 Å². The molecule has 4 nitrogen and oxygen atoms in total. The van der Waals surface area contributed by atoms with Gasteiger partial charge in [0.05, 0.1) is 0 Å². The van der Waals surface area contributed by atoms with Crippen LogP contribution in [-0.4, -0.2) is 17.9 Å². The first-order valence-electron chi connectivity index (χ1n) is 8.35. The number of hydrogen-bond acceptors (Lipinski definition) is 2. The van der Waals surface area contributed by atoms with E-state index in [4.69, 9.17) is 0 Å². The van der Waals surface area contributed by atoms with Crippen molar-refractivity contribution in [1.29, 1.82) is 0 Å². The third-order valence-electron chi connectivity index (χ3n) is 4.24. The maximum absolute atomic E-state index is 12.7. The van der Waals surface area contributed by atoms with Crippen LogP contribution in [0.15, 0.2) is 53.0 Å². The fourth-order valence-corrected chi connectivity index (χ4v) is 2.71. The van der Waals surface area contributed by atoms with E-state index in [9.17, 15) is 9.59 Å². The predicted molar refractivity (Wildman–Crippen MR) is 105 cm³/mol. The molecule has 0 spiro atoms. The molecule has 2 amide bonds. The molecule has 2 rings (SSSR count). The first-order chi connectivity index (χ1) is 11.9. The number of rotatable bonds is 6. The summed E-state index contributed by atoms with van der Waals surface area (Å²) in [6, 6.07) is 14.0. The van der Waals surface area contributed by atoms with E-state index in [1.807, 2.05) is 45.0 Å². The first-order valence-corrected chi connectivity index (χ1v) is 9.14. The zero-order valence-corrected chi connectivity index (χ0v) is 16.3. The smallest absolute Gasteiger partial charge is 0.251 e. The molecule has 0 aliphatic heterocycles. The molecule has 132 valence electrons. The van der Waals surface area contributed by atoms with Crippen LogP contribution < -0.4 is 10.6 Å². The van der Waals surface area contributed by atoms with E-state index >= 15 is 0 Å². The van der Waals surface area contributed by atoms with E-state index in [1.165, 1.54) is 0 Å². The fourth-order valence-electron chi connectivity index (χ4n) is 2.46. The van der Waals surface area contributed by atoms with Gasteiger partial charge in [0.1, 0.15) is 6.04 Å². The van der Waals surface area contributed by atoms with Crippen molar-refractivity contribution in [2.75, 3.05) is 5.32 Å². The molecule has 0 heterocycles. The summed E-state index contributed by atoms with van der Waals surface area (Å²) in [6.07, 6.45) is 0.784. The molecule has 0 saturated heterocycles. The molecule has 2 atom stereocenters. The van der Waals surface area contributed by atoms with Crippen molar-refractivity contribution in [2.45, 2.75) is 33.2 Å². The minimum atomic E-state index is -0.596. The molecule has 2 aromatic carbocycles. The minimum Gasteiger partial charge on any atom is -0.340 e. The molecule has 0 aliphatic carbocycles. The van der Waals surface area contributed by atoms with E-state index in [1.54, 1.807) is 24.3 Å². The van der Waals surface area contributed by atoms with Crippen LogP contribution in [0, 0.1) is 12.8 Å². The highest BCUT2D eigenvalue weighted by Crippen LogP contribution is 2.21. The average Bonchev–Trinajstić information content (AvgIpc) is 2.62. The summed E-state index contributed by atoms with van der Waals surface area (Å²) in [5, 5.41) is 5.78. The molecule has 2 aromatic rings. The summed E-state index contributed by atoms with van der Waals surface area (Å²) in [5.74, 6) is -0.433. The van der Waals surface area contributed by atoms with Gasteiger partial charge in [0.25, 0.3) is 5.91 Å². The average molecular weight is 403 g/mol. The Morgan fingerprint density at radius 1 is 1.12 bits per heavy atom. The zero-order valence-electron chi connectivity index (χ0n) is 14.7. The highest BCUT2D eigenvalue weighted by molar-refractivity contribution is 9.10. The van der Waals surface area contributed by atoms with Crippen molar-refractivity contribution in [3.05, 3.63) is 64.1 Å². The molecular weight excluding hydrogens is 380 g/mol. The second kappa shape index (κ2) is 8.81. The van der Waals surface area contributed by atoms with Gasteiger partial charge >= 0.3 is 0 Å². The number of hydrogen-bond donors (Lipinski definition) is 2.